The van der Waals surface area contributed by atoms with Crippen LogP contribution in [0.3, 0.4) is 0 Å². The molecule has 2 heterocycles. The van der Waals surface area contributed by atoms with Crippen molar-refractivity contribution in [3.63, 3.8) is 0 Å². The summed E-state index contributed by atoms with van der Waals surface area (Å²) < 4.78 is 2.21. The van der Waals surface area contributed by atoms with Crippen molar-refractivity contribution in [1.29, 1.82) is 0 Å². The van der Waals surface area contributed by atoms with Crippen molar-refractivity contribution >= 4 is 33.6 Å². The highest BCUT2D eigenvalue weighted by atomic mass is 79.9. The molecule has 2 rings (SSSR count). The number of H-pyrrole nitrogens is 1. The minimum atomic E-state index is -0.248. The third-order valence-electron chi connectivity index (χ3n) is 2.07. The lowest BCUT2D eigenvalue weighted by atomic mass is 10.7. The van der Waals surface area contributed by atoms with Crippen molar-refractivity contribution in [3.8, 4) is 0 Å². The van der Waals surface area contributed by atoms with E-state index in [1.807, 2.05) is 6.92 Å². The van der Waals surface area contributed by atoms with E-state index in [0.717, 1.165) is 0 Å². The van der Waals surface area contributed by atoms with Gasteiger partial charge in [0, 0.05) is 12.7 Å². The molecule has 0 aliphatic carbocycles. The summed E-state index contributed by atoms with van der Waals surface area (Å²) in [5.74, 6) is 5.54. The first-order chi connectivity index (χ1) is 8.65. The fraction of sp³-hybridized carbons (Fsp3) is 0.250. The number of halogens is 1. The molecule has 0 unspecified atom stereocenters. The molecular weight excluding hydrogens is 322 g/mol. The van der Waals surface area contributed by atoms with Gasteiger partial charge in [0.05, 0.1) is 4.47 Å². The maximum Gasteiger partial charge on any atom is 0.343 e. The van der Waals surface area contributed by atoms with Crippen molar-refractivity contribution in [3.05, 3.63) is 21.2 Å². The molecule has 0 spiro atoms. The van der Waals surface area contributed by atoms with Crippen molar-refractivity contribution in [2.75, 3.05) is 5.43 Å². The number of hydrazine groups is 1. The number of aromatic nitrogens is 5. The zero-order valence-corrected chi connectivity index (χ0v) is 11.7. The predicted octanol–water partition coefficient (Wildman–Crippen LogP) is 0.581. The molecule has 8 nitrogen and oxygen atoms in total. The quantitative estimate of drug-likeness (QED) is 0.426. The van der Waals surface area contributed by atoms with E-state index in [1.54, 1.807) is 6.20 Å². The van der Waals surface area contributed by atoms with E-state index in [4.69, 9.17) is 5.84 Å². The Kier molecular flexibility index (Phi) is 3.99. The number of rotatable bonds is 4. The van der Waals surface area contributed by atoms with E-state index in [0.29, 0.717) is 27.1 Å². The Balaban J connectivity index is 2.36. The molecule has 10 heteroatoms. The number of anilines is 1. The van der Waals surface area contributed by atoms with Crippen molar-refractivity contribution in [1.82, 2.24) is 24.7 Å². The molecule has 0 saturated heterocycles. The zero-order valence-electron chi connectivity index (χ0n) is 9.35. The second kappa shape index (κ2) is 5.50. The van der Waals surface area contributed by atoms with Gasteiger partial charge in [-0.3, -0.25) is 9.99 Å². The van der Waals surface area contributed by atoms with Gasteiger partial charge in [-0.15, -0.1) is 5.10 Å². The van der Waals surface area contributed by atoms with Crippen LogP contribution in [0.2, 0.25) is 0 Å². The first-order valence-corrected chi connectivity index (χ1v) is 6.58. The van der Waals surface area contributed by atoms with Gasteiger partial charge in [0.25, 0.3) is 0 Å². The summed E-state index contributed by atoms with van der Waals surface area (Å²) in [4.78, 5) is 19.5. The Hall–Kier alpha value is -1.39. The number of aromatic amines is 1. The van der Waals surface area contributed by atoms with Crippen molar-refractivity contribution < 1.29 is 0 Å². The maximum atomic E-state index is 11.4. The Morgan fingerprint density at radius 3 is 3.11 bits per heavy atom. The van der Waals surface area contributed by atoms with Crippen LogP contribution in [0, 0.1) is 0 Å². The average molecular weight is 332 g/mol. The largest absolute Gasteiger partial charge is 0.343 e. The lowest BCUT2D eigenvalue weighted by molar-refractivity contribution is 0.660. The van der Waals surface area contributed by atoms with E-state index in [2.05, 4.69) is 41.5 Å². The predicted molar refractivity (Wildman–Crippen MR) is 70.2 cm³/mol. The molecular formula is C8H10BrN7OS. The van der Waals surface area contributed by atoms with Gasteiger partial charge >= 0.3 is 5.69 Å². The van der Waals surface area contributed by atoms with Gasteiger partial charge in [-0.25, -0.2) is 25.7 Å². The van der Waals surface area contributed by atoms with Crippen LogP contribution in [0.25, 0.3) is 0 Å². The van der Waals surface area contributed by atoms with E-state index < -0.39 is 0 Å². The molecule has 0 amide bonds. The summed E-state index contributed by atoms with van der Waals surface area (Å²) in [6.45, 7) is 2.39. The van der Waals surface area contributed by atoms with Gasteiger partial charge in [-0.05, 0) is 34.6 Å². The van der Waals surface area contributed by atoms with Gasteiger partial charge in [-0.2, -0.15) is 0 Å². The fourth-order valence-corrected chi connectivity index (χ4v) is 2.54. The van der Waals surface area contributed by atoms with E-state index in [9.17, 15) is 4.79 Å². The number of nitrogens with zero attached hydrogens (tertiary/aromatic N) is 4. The molecule has 0 aliphatic heterocycles. The molecule has 0 fully saturated rings. The Morgan fingerprint density at radius 1 is 1.67 bits per heavy atom. The van der Waals surface area contributed by atoms with Gasteiger partial charge in [-0.1, -0.05) is 0 Å². The second-order valence-corrected chi connectivity index (χ2v) is 4.96. The van der Waals surface area contributed by atoms with E-state index in [1.165, 1.54) is 16.3 Å². The summed E-state index contributed by atoms with van der Waals surface area (Å²) in [7, 11) is 0. The zero-order chi connectivity index (χ0) is 13.1. The standard InChI is InChI=1S/C8H10BrN7OS/c1-2-16-7(17)14-15-8(16)18-5-4(9)3-11-6(12-5)13-10/h3H,2,10H2,1H3,(H,14,17)(H,11,12,13). The topological polar surface area (TPSA) is 115 Å². The van der Waals surface area contributed by atoms with Crippen LogP contribution in [0.4, 0.5) is 5.95 Å². The Bertz CT molecular complexity index is 610. The molecule has 2 aromatic rings. The van der Waals surface area contributed by atoms with Crippen LogP contribution < -0.4 is 17.0 Å². The van der Waals surface area contributed by atoms with Crippen LogP contribution in [-0.4, -0.2) is 24.7 Å². The number of nitrogen functional groups attached to an aromatic ring is 1. The van der Waals surface area contributed by atoms with Crippen LogP contribution in [-0.2, 0) is 6.54 Å². The first kappa shape index (κ1) is 13.1. The molecule has 2 aromatic heterocycles. The van der Waals surface area contributed by atoms with Gasteiger partial charge in [0.2, 0.25) is 5.95 Å². The second-order valence-electron chi connectivity index (χ2n) is 3.15. The molecule has 0 saturated carbocycles. The first-order valence-electron chi connectivity index (χ1n) is 4.98. The lowest BCUT2D eigenvalue weighted by Crippen LogP contribution is -2.16. The molecule has 0 radical (unpaired) electrons. The van der Waals surface area contributed by atoms with Crippen LogP contribution >= 0.6 is 27.7 Å². The summed E-state index contributed by atoms with van der Waals surface area (Å²) in [6.07, 6.45) is 1.57. The molecule has 96 valence electrons. The minimum absolute atomic E-state index is 0.248. The average Bonchev–Trinajstić information content (AvgIpc) is 2.72. The van der Waals surface area contributed by atoms with Gasteiger partial charge < -0.3 is 0 Å². The third-order valence-corrected chi connectivity index (χ3v) is 3.91. The summed E-state index contributed by atoms with van der Waals surface area (Å²) in [5, 5.41) is 7.48. The van der Waals surface area contributed by atoms with Gasteiger partial charge in [0.1, 0.15) is 5.03 Å². The molecule has 0 bridgehead atoms. The molecule has 18 heavy (non-hydrogen) atoms. The fourth-order valence-electron chi connectivity index (χ4n) is 1.24. The Morgan fingerprint density at radius 2 is 2.44 bits per heavy atom. The minimum Gasteiger partial charge on any atom is -0.292 e. The number of hydrogen-bond acceptors (Lipinski definition) is 7. The maximum absolute atomic E-state index is 11.4. The van der Waals surface area contributed by atoms with E-state index in [-0.39, 0.29) is 5.69 Å². The summed E-state index contributed by atoms with van der Waals surface area (Å²) in [6, 6.07) is 0. The van der Waals surface area contributed by atoms with Crippen LogP contribution in [0.1, 0.15) is 6.92 Å². The number of hydrogen-bond donors (Lipinski definition) is 3. The van der Waals surface area contributed by atoms with Crippen molar-refractivity contribution in [2.45, 2.75) is 23.7 Å². The summed E-state index contributed by atoms with van der Waals surface area (Å²) in [5.41, 5.74) is 2.11. The lowest BCUT2D eigenvalue weighted by Gasteiger charge is -2.05. The van der Waals surface area contributed by atoms with Gasteiger partial charge in [0.15, 0.2) is 5.16 Å². The Labute approximate surface area is 114 Å². The van der Waals surface area contributed by atoms with E-state index >= 15 is 0 Å². The highest BCUT2D eigenvalue weighted by molar-refractivity contribution is 9.10. The normalized spacial score (nSPS) is 10.6. The molecule has 0 aromatic carbocycles. The third kappa shape index (κ3) is 2.54. The number of nitrogens with one attached hydrogen (secondary N) is 2. The van der Waals surface area contributed by atoms with Crippen molar-refractivity contribution in [2.24, 2.45) is 5.84 Å². The molecule has 0 aliphatic rings. The summed E-state index contributed by atoms with van der Waals surface area (Å²) >= 11 is 4.57. The number of nitrogens with two attached hydrogens (primary N) is 1. The monoisotopic (exact) mass is 331 g/mol. The van der Waals surface area contributed by atoms with Crippen LogP contribution in [0.5, 0.6) is 0 Å². The highest BCUT2D eigenvalue weighted by Crippen LogP contribution is 2.30. The SMILES string of the molecule is CCn1c(Sc2nc(NN)ncc2Br)n[nH]c1=O. The smallest absolute Gasteiger partial charge is 0.292 e. The molecule has 4 N–H and O–H groups in total. The van der Waals surface area contributed by atoms with Crippen LogP contribution in [0.15, 0.2) is 25.6 Å². The molecule has 0 atom stereocenters. The highest BCUT2D eigenvalue weighted by Gasteiger charge is 2.12.